The number of hydrazine groups is 1. The van der Waals surface area contributed by atoms with Gasteiger partial charge in [0.25, 0.3) is 0 Å². The third-order valence-corrected chi connectivity index (χ3v) is 4.57. The van der Waals surface area contributed by atoms with Crippen molar-refractivity contribution >= 4 is 17.3 Å². The van der Waals surface area contributed by atoms with Crippen LogP contribution in [-0.4, -0.2) is 22.3 Å². The summed E-state index contributed by atoms with van der Waals surface area (Å²) in [6.07, 6.45) is 4.78. The van der Waals surface area contributed by atoms with Crippen molar-refractivity contribution in [2.75, 3.05) is 6.54 Å². The van der Waals surface area contributed by atoms with Gasteiger partial charge in [-0.2, -0.15) is 0 Å². The average Bonchev–Trinajstić information content (AvgIpc) is 2.47. The van der Waals surface area contributed by atoms with E-state index in [0.717, 1.165) is 30.4 Å². The molecule has 2 N–H and O–H groups in total. The van der Waals surface area contributed by atoms with E-state index in [-0.39, 0.29) is 5.66 Å². The van der Waals surface area contributed by atoms with Crippen LogP contribution in [0.15, 0.2) is 0 Å². The minimum absolute atomic E-state index is 0.00473. The molecule has 110 valence electrons. The molecule has 1 spiro atoms. The smallest absolute Gasteiger partial charge is 0.185 e. The summed E-state index contributed by atoms with van der Waals surface area (Å²) in [5, 5.41) is 6.61. The summed E-state index contributed by atoms with van der Waals surface area (Å²) in [6.45, 7) is 12.6. The lowest BCUT2D eigenvalue weighted by molar-refractivity contribution is 0.0555. The summed E-state index contributed by atoms with van der Waals surface area (Å²) in [6, 6.07) is 0. The summed E-state index contributed by atoms with van der Waals surface area (Å²) < 4.78 is 0. The number of thiocarbonyl (C=S) groups is 1. The van der Waals surface area contributed by atoms with Gasteiger partial charge in [-0.3, -0.25) is 5.01 Å². The van der Waals surface area contributed by atoms with E-state index in [1.165, 1.54) is 12.8 Å². The van der Waals surface area contributed by atoms with Gasteiger partial charge in [0.1, 0.15) is 5.66 Å². The van der Waals surface area contributed by atoms with Crippen LogP contribution in [0.25, 0.3) is 0 Å². The highest BCUT2D eigenvalue weighted by Crippen LogP contribution is 2.44. The van der Waals surface area contributed by atoms with Crippen molar-refractivity contribution < 1.29 is 0 Å². The summed E-state index contributed by atoms with van der Waals surface area (Å²) >= 11 is 5.51. The molecule has 0 amide bonds. The molecule has 0 aromatic carbocycles. The monoisotopic (exact) mass is 283 g/mol. The SMILES string of the molecule is CC(C)CCN1N[C@]2(C[C@H](C)CC(C)(C)C2)NC1=S. The molecule has 1 saturated heterocycles. The van der Waals surface area contributed by atoms with E-state index in [1.54, 1.807) is 0 Å². The second kappa shape index (κ2) is 5.21. The second-order valence-corrected chi connectivity index (χ2v) is 8.20. The van der Waals surface area contributed by atoms with Crippen molar-refractivity contribution in [2.45, 2.75) is 66.0 Å². The van der Waals surface area contributed by atoms with Gasteiger partial charge in [0.15, 0.2) is 5.11 Å². The van der Waals surface area contributed by atoms with Gasteiger partial charge in [0.05, 0.1) is 0 Å². The van der Waals surface area contributed by atoms with Crippen LogP contribution >= 0.6 is 12.2 Å². The molecular formula is C15H29N3S. The standard InChI is InChI=1S/C15H29N3S/c1-11(2)6-7-18-13(19)16-15(17-18)9-12(3)8-14(4,5)10-15/h11-12,17H,6-10H2,1-5H3,(H,16,19)/t12-,15+/m1/s1. The topological polar surface area (TPSA) is 27.3 Å². The molecule has 1 heterocycles. The molecule has 0 aromatic rings. The number of hydrogen-bond acceptors (Lipinski definition) is 2. The number of hydrogen-bond donors (Lipinski definition) is 2. The Balaban J connectivity index is 2.04. The zero-order valence-corrected chi connectivity index (χ0v) is 13.9. The number of nitrogens with one attached hydrogen (secondary N) is 2. The van der Waals surface area contributed by atoms with Gasteiger partial charge >= 0.3 is 0 Å². The zero-order chi connectivity index (χ0) is 14.3. The van der Waals surface area contributed by atoms with Crippen LogP contribution in [0.3, 0.4) is 0 Å². The molecule has 19 heavy (non-hydrogen) atoms. The molecule has 0 radical (unpaired) electrons. The van der Waals surface area contributed by atoms with Gasteiger partial charge in [0, 0.05) is 6.54 Å². The first-order chi connectivity index (χ1) is 8.71. The van der Waals surface area contributed by atoms with Crippen LogP contribution in [-0.2, 0) is 0 Å². The van der Waals surface area contributed by atoms with E-state index >= 15 is 0 Å². The molecule has 2 aliphatic rings. The average molecular weight is 283 g/mol. The van der Waals surface area contributed by atoms with Crippen LogP contribution in [0, 0.1) is 17.3 Å². The van der Waals surface area contributed by atoms with E-state index in [2.05, 4.69) is 50.4 Å². The highest BCUT2D eigenvalue weighted by molar-refractivity contribution is 7.80. The Hall–Kier alpha value is -0.350. The largest absolute Gasteiger partial charge is 0.342 e. The van der Waals surface area contributed by atoms with Gasteiger partial charge in [-0.1, -0.05) is 34.6 Å². The third kappa shape index (κ3) is 3.60. The lowest BCUT2D eigenvalue weighted by atomic mass is 9.68. The predicted octanol–water partition coefficient (Wildman–Crippen LogP) is 3.27. The Morgan fingerprint density at radius 2 is 2.05 bits per heavy atom. The van der Waals surface area contributed by atoms with Crippen LogP contribution in [0.1, 0.15) is 60.3 Å². The molecular weight excluding hydrogens is 254 g/mol. The van der Waals surface area contributed by atoms with Crippen LogP contribution in [0.5, 0.6) is 0 Å². The van der Waals surface area contributed by atoms with Crippen LogP contribution < -0.4 is 10.7 Å². The minimum Gasteiger partial charge on any atom is -0.342 e. The molecule has 0 aromatic heterocycles. The normalized spacial score (nSPS) is 34.1. The Labute approximate surface area is 123 Å². The van der Waals surface area contributed by atoms with E-state index in [4.69, 9.17) is 12.2 Å². The van der Waals surface area contributed by atoms with E-state index in [9.17, 15) is 0 Å². The van der Waals surface area contributed by atoms with Gasteiger partial charge < -0.3 is 5.32 Å². The zero-order valence-electron chi connectivity index (χ0n) is 13.0. The van der Waals surface area contributed by atoms with Crippen molar-refractivity contribution in [3.8, 4) is 0 Å². The first-order valence-corrected chi connectivity index (χ1v) is 8.00. The molecule has 1 aliphatic heterocycles. The summed E-state index contributed by atoms with van der Waals surface area (Å²) in [5.74, 6) is 1.44. The summed E-state index contributed by atoms with van der Waals surface area (Å²) in [4.78, 5) is 0. The molecule has 2 fully saturated rings. The summed E-state index contributed by atoms with van der Waals surface area (Å²) in [7, 11) is 0. The fraction of sp³-hybridized carbons (Fsp3) is 0.933. The third-order valence-electron chi connectivity index (χ3n) is 4.25. The van der Waals surface area contributed by atoms with E-state index in [0.29, 0.717) is 11.3 Å². The first-order valence-electron chi connectivity index (χ1n) is 7.59. The molecule has 0 bridgehead atoms. The fourth-order valence-corrected chi connectivity index (χ4v) is 4.24. The highest BCUT2D eigenvalue weighted by atomic mass is 32.1. The molecule has 2 atom stereocenters. The van der Waals surface area contributed by atoms with Gasteiger partial charge in [0.2, 0.25) is 0 Å². The maximum atomic E-state index is 5.51. The van der Waals surface area contributed by atoms with Crippen molar-refractivity contribution in [3.63, 3.8) is 0 Å². The van der Waals surface area contributed by atoms with E-state index in [1.807, 2.05) is 0 Å². The molecule has 1 saturated carbocycles. The Morgan fingerprint density at radius 3 is 2.63 bits per heavy atom. The molecule has 4 heteroatoms. The maximum absolute atomic E-state index is 5.51. The fourth-order valence-electron chi connectivity index (χ4n) is 3.91. The minimum atomic E-state index is -0.00473. The summed E-state index contributed by atoms with van der Waals surface area (Å²) in [5.41, 5.74) is 4.05. The van der Waals surface area contributed by atoms with E-state index < -0.39 is 0 Å². The van der Waals surface area contributed by atoms with Gasteiger partial charge in [-0.05, 0) is 55.2 Å². The van der Waals surface area contributed by atoms with Crippen LogP contribution in [0.4, 0.5) is 0 Å². The maximum Gasteiger partial charge on any atom is 0.185 e. The van der Waals surface area contributed by atoms with Crippen molar-refractivity contribution in [2.24, 2.45) is 17.3 Å². The molecule has 0 unspecified atom stereocenters. The molecule has 3 nitrogen and oxygen atoms in total. The van der Waals surface area contributed by atoms with Crippen molar-refractivity contribution in [1.82, 2.24) is 15.8 Å². The first kappa shape index (κ1) is 15.0. The second-order valence-electron chi connectivity index (χ2n) is 7.81. The predicted molar refractivity (Wildman–Crippen MR) is 84.6 cm³/mol. The highest BCUT2D eigenvalue weighted by Gasteiger charge is 2.48. The molecule has 2 rings (SSSR count). The number of nitrogens with zero attached hydrogens (tertiary/aromatic N) is 1. The lowest BCUT2D eigenvalue weighted by Gasteiger charge is -2.45. The Morgan fingerprint density at radius 1 is 1.37 bits per heavy atom. The van der Waals surface area contributed by atoms with Gasteiger partial charge in [-0.15, -0.1) is 0 Å². The Bertz CT molecular complexity index is 353. The van der Waals surface area contributed by atoms with Gasteiger partial charge in [-0.25, -0.2) is 5.43 Å². The van der Waals surface area contributed by atoms with Crippen molar-refractivity contribution in [3.05, 3.63) is 0 Å². The molecule has 1 aliphatic carbocycles. The van der Waals surface area contributed by atoms with Crippen molar-refractivity contribution in [1.29, 1.82) is 0 Å². The lowest BCUT2D eigenvalue weighted by Crippen LogP contribution is -2.57. The number of rotatable bonds is 3. The Kier molecular flexibility index (Phi) is 4.12. The quantitative estimate of drug-likeness (QED) is 0.777. The van der Waals surface area contributed by atoms with Crippen LogP contribution in [0.2, 0.25) is 0 Å².